The molecule has 1 aliphatic rings. The Labute approximate surface area is 212 Å². The summed E-state index contributed by atoms with van der Waals surface area (Å²) in [6.07, 6.45) is 1.83. The molecule has 1 aliphatic heterocycles. The number of aromatic nitrogens is 1. The smallest absolute Gasteiger partial charge is 0.253 e. The third-order valence-electron chi connectivity index (χ3n) is 6.20. The lowest BCUT2D eigenvalue weighted by Gasteiger charge is -2.26. The van der Waals surface area contributed by atoms with Gasteiger partial charge in [0, 0.05) is 30.1 Å². The zero-order valence-electron chi connectivity index (χ0n) is 20.7. The molecule has 0 radical (unpaired) electrons. The fourth-order valence-corrected chi connectivity index (χ4v) is 4.47. The predicted octanol–water partition coefficient (Wildman–Crippen LogP) is 3.48. The molecule has 0 atom stereocenters. The van der Waals surface area contributed by atoms with Crippen LogP contribution in [0.25, 0.3) is 10.9 Å². The number of benzene rings is 2. The van der Waals surface area contributed by atoms with E-state index in [1.165, 1.54) is 11.1 Å². The minimum absolute atomic E-state index is 0.120. The number of hydrogen-bond donors (Lipinski definition) is 2. The Bertz CT molecular complexity index is 1240. The quantitative estimate of drug-likeness (QED) is 0.349. The maximum Gasteiger partial charge on any atom is 0.253 e. The SMILES string of the molecule is Cc1ccccc1CCN(Cc1cc2cc3c(cc2[nH]c1=O)OCCO3)C(=S)NCCCN(C)C. The minimum Gasteiger partial charge on any atom is -0.486 e. The van der Waals surface area contributed by atoms with E-state index >= 15 is 0 Å². The monoisotopic (exact) mass is 494 g/mol. The van der Waals surface area contributed by atoms with E-state index in [-0.39, 0.29) is 5.56 Å². The van der Waals surface area contributed by atoms with Crippen molar-refractivity contribution in [3.05, 3.63) is 69.5 Å². The van der Waals surface area contributed by atoms with E-state index in [1.807, 2.05) is 18.2 Å². The Hall–Kier alpha value is -3.10. The van der Waals surface area contributed by atoms with Gasteiger partial charge in [-0.15, -0.1) is 0 Å². The van der Waals surface area contributed by atoms with E-state index < -0.39 is 0 Å². The zero-order valence-corrected chi connectivity index (χ0v) is 21.5. The molecular formula is C27H34N4O3S. The van der Waals surface area contributed by atoms with Crippen molar-refractivity contribution in [1.29, 1.82) is 0 Å². The highest BCUT2D eigenvalue weighted by molar-refractivity contribution is 7.80. The molecule has 2 heterocycles. The number of hydrogen-bond acceptors (Lipinski definition) is 5. The summed E-state index contributed by atoms with van der Waals surface area (Å²) < 4.78 is 11.4. The maximum absolute atomic E-state index is 13.0. The Balaban J connectivity index is 1.54. The van der Waals surface area contributed by atoms with Gasteiger partial charge in [0.1, 0.15) is 13.2 Å². The molecule has 0 aliphatic carbocycles. The number of nitrogens with zero attached hydrogens (tertiary/aromatic N) is 2. The van der Waals surface area contributed by atoms with E-state index in [2.05, 4.69) is 65.4 Å². The van der Waals surface area contributed by atoms with E-state index in [1.54, 1.807) is 0 Å². The summed E-state index contributed by atoms with van der Waals surface area (Å²) >= 11 is 5.77. The standard InChI is InChI=1S/C27H34N4O3S/c1-19-7-4-5-8-20(19)9-12-31(27(35)28-10-6-11-30(2)3)18-22-15-21-16-24-25(34-14-13-33-24)17-23(21)29-26(22)32/h4-5,7-8,15-17H,6,9-14,18H2,1-3H3,(H,28,35)(H,29,32). The molecule has 35 heavy (non-hydrogen) atoms. The van der Waals surface area contributed by atoms with Crippen LogP contribution in [0.2, 0.25) is 0 Å². The second-order valence-electron chi connectivity index (χ2n) is 9.19. The molecule has 2 N–H and O–H groups in total. The number of fused-ring (bicyclic) bond motifs is 2. The predicted molar refractivity (Wildman–Crippen MR) is 145 cm³/mol. The number of thiocarbonyl (C=S) groups is 1. The molecule has 4 rings (SSSR count). The van der Waals surface area contributed by atoms with Crippen LogP contribution in [0.5, 0.6) is 11.5 Å². The lowest BCUT2D eigenvalue weighted by atomic mass is 10.1. The van der Waals surface area contributed by atoms with E-state index in [0.29, 0.717) is 48.5 Å². The molecule has 0 spiro atoms. The molecule has 2 aromatic carbocycles. The van der Waals surface area contributed by atoms with Crippen LogP contribution in [-0.4, -0.2) is 66.8 Å². The highest BCUT2D eigenvalue weighted by Gasteiger charge is 2.17. The van der Waals surface area contributed by atoms with Gasteiger partial charge in [-0.3, -0.25) is 4.79 Å². The van der Waals surface area contributed by atoms with Crippen molar-refractivity contribution in [3.63, 3.8) is 0 Å². The number of pyridine rings is 1. The lowest BCUT2D eigenvalue weighted by molar-refractivity contribution is 0.172. The number of nitrogens with one attached hydrogen (secondary N) is 2. The lowest BCUT2D eigenvalue weighted by Crippen LogP contribution is -2.42. The molecule has 0 unspecified atom stereocenters. The van der Waals surface area contributed by atoms with Crippen molar-refractivity contribution < 1.29 is 9.47 Å². The van der Waals surface area contributed by atoms with Gasteiger partial charge in [0.05, 0.1) is 12.1 Å². The molecule has 3 aromatic rings. The first kappa shape index (κ1) is 25.0. The second-order valence-corrected chi connectivity index (χ2v) is 9.58. The van der Waals surface area contributed by atoms with Gasteiger partial charge >= 0.3 is 0 Å². The third kappa shape index (κ3) is 6.52. The zero-order chi connectivity index (χ0) is 24.8. The number of aryl methyl sites for hydroxylation is 1. The first-order valence-electron chi connectivity index (χ1n) is 12.1. The van der Waals surface area contributed by atoms with Crippen molar-refractivity contribution in [1.82, 2.24) is 20.1 Å². The summed E-state index contributed by atoms with van der Waals surface area (Å²) in [6.45, 7) is 6.06. The Kier molecular flexibility index (Phi) is 8.25. The number of aromatic amines is 1. The number of rotatable bonds is 9. The fraction of sp³-hybridized carbons (Fsp3) is 0.407. The topological polar surface area (TPSA) is 69.8 Å². The summed E-state index contributed by atoms with van der Waals surface area (Å²) in [6, 6.07) is 14.1. The van der Waals surface area contributed by atoms with Crippen LogP contribution in [0.1, 0.15) is 23.1 Å². The molecule has 1 aromatic heterocycles. The molecule has 0 bridgehead atoms. The van der Waals surface area contributed by atoms with E-state index in [9.17, 15) is 4.79 Å². The highest BCUT2D eigenvalue weighted by Crippen LogP contribution is 2.33. The highest BCUT2D eigenvalue weighted by atomic mass is 32.1. The van der Waals surface area contributed by atoms with Crippen molar-refractivity contribution >= 4 is 28.2 Å². The van der Waals surface area contributed by atoms with Gasteiger partial charge in [0.15, 0.2) is 16.6 Å². The Morgan fingerprint density at radius 3 is 2.54 bits per heavy atom. The van der Waals surface area contributed by atoms with Gasteiger partial charge in [-0.05, 0) is 75.9 Å². The Morgan fingerprint density at radius 1 is 1.06 bits per heavy atom. The molecule has 7 nitrogen and oxygen atoms in total. The van der Waals surface area contributed by atoms with Crippen LogP contribution < -0.4 is 20.3 Å². The first-order chi connectivity index (χ1) is 16.9. The average molecular weight is 495 g/mol. The van der Waals surface area contributed by atoms with Crippen LogP contribution in [-0.2, 0) is 13.0 Å². The van der Waals surface area contributed by atoms with Crippen molar-refractivity contribution in [2.24, 2.45) is 0 Å². The minimum atomic E-state index is -0.120. The summed E-state index contributed by atoms with van der Waals surface area (Å²) in [5, 5.41) is 4.96. The van der Waals surface area contributed by atoms with Crippen LogP contribution >= 0.6 is 12.2 Å². The second kappa shape index (κ2) is 11.6. The summed E-state index contributed by atoms with van der Waals surface area (Å²) in [5.41, 5.74) is 3.82. The molecule has 0 amide bonds. The number of H-pyrrole nitrogens is 1. The van der Waals surface area contributed by atoms with Gasteiger partial charge in [0.2, 0.25) is 0 Å². The molecule has 186 valence electrons. The average Bonchev–Trinajstić information content (AvgIpc) is 2.84. The molecule has 0 saturated heterocycles. The number of ether oxygens (including phenoxy) is 2. The van der Waals surface area contributed by atoms with Gasteiger partial charge in [0.25, 0.3) is 5.56 Å². The summed E-state index contributed by atoms with van der Waals surface area (Å²) in [7, 11) is 4.13. The molecular weight excluding hydrogens is 460 g/mol. The summed E-state index contributed by atoms with van der Waals surface area (Å²) in [4.78, 5) is 20.3. The van der Waals surface area contributed by atoms with Crippen LogP contribution in [0, 0.1) is 6.92 Å². The van der Waals surface area contributed by atoms with Crippen molar-refractivity contribution in [2.75, 3.05) is 46.9 Å². The van der Waals surface area contributed by atoms with Gasteiger partial charge < -0.3 is 29.6 Å². The third-order valence-corrected chi connectivity index (χ3v) is 6.61. The van der Waals surface area contributed by atoms with Crippen LogP contribution in [0.4, 0.5) is 0 Å². The van der Waals surface area contributed by atoms with Gasteiger partial charge in [-0.25, -0.2) is 0 Å². The summed E-state index contributed by atoms with van der Waals surface area (Å²) in [5.74, 6) is 1.37. The van der Waals surface area contributed by atoms with Crippen molar-refractivity contribution in [3.8, 4) is 11.5 Å². The van der Waals surface area contributed by atoms with Crippen LogP contribution in [0.3, 0.4) is 0 Å². The van der Waals surface area contributed by atoms with Gasteiger partial charge in [-0.2, -0.15) is 0 Å². The van der Waals surface area contributed by atoms with Gasteiger partial charge in [-0.1, -0.05) is 24.3 Å². The Morgan fingerprint density at radius 2 is 1.80 bits per heavy atom. The van der Waals surface area contributed by atoms with Crippen molar-refractivity contribution in [2.45, 2.75) is 26.3 Å². The molecule has 0 saturated carbocycles. The van der Waals surface area contributed by atoms with E-state index in [4.69, 9.17) is 21.7 Å². The normalized spacial score (nSPS) is 12.7. The molecule has 8 heteroatoms. The molecule has 0 fully saturated rings. The fourth-order valence-electron chi connectivity index (χ4n) is 4.21. The first-order valence-corrected chi connectivity index (χ1v) is 12.5. The largest absolute Gasteiger partial charge is 0.486 e. The van der Waals surface area contributed by atoms with E-state index in [0.717, 1.165) is 36.8 Å². The van der Waals surface area contributed by atoms with Crippen LogP contribution in [0.15, 0.2) is 47.3 Å². The maximum atomic E-state index is 13.0.